The first kappa shape index (κ1) is 11.5. The zero-order valence-corrected chi connectivity index (χ0v) is 9.09. The van der Waals surface area contributed by atoms with Gasteiger partial charge in [-0.15, -0.1) is 0 Å². The Morgan fingerprint density at radius 1 is 1.40 bits per heavy atom. The van der Waals surface area contributed by atoms with E-state index in [0.29, 0.717) is 5.56 Å². The van der Waals surface area contributed by atoms with Gasteiger partial charge in [0.05, 0.1) is 11.6 Å². The van der Waals surface area contributed by atoms with Crippen LogP contribution in [0.25, 0.3) is 0 Å². The quantitative estimate of drug-likeness (QED) is 0.720. The number of rotatable bonds is 5. The van der Waals surface area contributed by atoms with Crippen molar-refractivity contribution in [1.29, 1.82) is 5.26 Å². The van der Waals surface area contributed by atoms with Crippen LogP contribution in [0.4, 0.5) is 5.69 Å². The highest BCUT2D eigenvalue weighted by molar-refractivity contribution is 5.53. The SMILES string of the molecule is Cc1cc(C#N)ccc1NCCCCN. The fraction of sp³-hybridized carbons (Fsp3) is 0.417. The lowest BCUT2D eigenvalue weighted by molar-refractivity contribution is 0.774. The van der Waals surface area contributed by atoms with Crippen LogP contribution >= 0.6 is 0 Å². The second-order valence-corrected chi connectivity index (χ2v) is 3.56. The summed E-state index contributed by atoms with van der Waals surface area (Å²) in [4.78, 5) is 0. The highest BCUT2D eigenvalue weighted by Crippen LogP contribution is 2.15. The normalized spacial score (nSPS) is 9.67. The average Bonchev–Trinajstić information content (AvgIpc) is 2.26. The van der Waals surface area contributed by atoms with Crippen LogP contribution in [0.2, 0.25) is 0 Å². The predicted octanol–water partition coefficient (Wildman–Crippen LogP) is 2.02. The van der Waals surface area contributed by atoms with Crippen LogP contribution in [-0.2, 0) is 0 Å². The average molecular weight is 203 g/mol. The summed E-state index contributed by atoms with van der Waals surface area (Å²) in [7, 11) is 0. The predicted molar refractivity (Wildman–Crippen MR) is 62.7 cm³/mol. The van der Waals surface area contributed by atoms with E-state index in [2.05, 4.69) is 11.4 Å². The van der Waals surface area contributed by atoms with Gasteiger partial charge >= 0.3 is 0 Å². The van der Waals surface area contributed by atoms with Gasteiger partial charge in [0.25, 0.3) is 0 Å². The Labute approximate surface area is 90.9 Å². The van der Waals surface area contributed by atoms with Crippen molar-refractivity contribution in [2.45, 2.75) is 19.8 Å². The van der Waals surface area contributed by atoms with E-state index >= 15 is 0 Å². The molecular weight excluding hydrogens is 186 g/mol. The number of unbranched alkanes of at least 4 members (excludes halogenated alkanes) is 1. The standard InChI is InChI=1S/C12H17N3/c1-10-8-11(9-14)4-5-12(10)15-7-3-2-6-13/h4-5,8,15H,2-3,6-7,13H2,1H3. The molecule has 0 unspecified atom stereocenters. The second-order valence-electron chi connectivity index (χ2n) is 3.56. The first-order valence-corrected chi connectivity index (χ1v) is 5.22. The fourth-order valence-corrected chi connectivity index (χ4v) is 1.42. The van der Waals surface area contributed by atoms with Crippen molar-refractivity contribution < 1.29 is 0 Å². The molecule has 0 bridgehead atoms. The van der Waals surface area contributed by atoms with Gasteiger partial charge < -0.3 is 11.1 Å². The summed E-state index contributed by atoms with van der Waals surface area (Å²) in [6.45, 7) is 3.68. The fourth-order valence-electron chi connectivity index (χ4n) is 1.42. The minimum absolute atomic E-state index is 0.708. The molecule has 3 heteroatoms. The number of nitriles is 1. The van der Waals surface area contributed by atoms with E-state index in [0.717, 1.165) is 37.2 Å². The smallest absolute Gasteiger partial charge is 0.0991 e. The molecule has 0 aromatic heterocycles. The molecule has 0 radical (unpaired) electrons. The summed E-state index contributed by atoms with van der Waals surface area (Å²) in [5, 5.41) is 12.0. The molecule has 1 rings (SSSR count). The third kappa shape index (κ3) is 3.61. The number of nitrogens with one attached hydrogen (secondary N) is 1. The van der Waals surface area contributed by atoms with Crippen LogP contribution < -0.4 is 11.1 Å². The first-order valence-electron chi connectivity index (χ1n) is 5.22. The van der Waals surface area contributed by atoms with E-state index in [-0.39, 0.29) is 0 Å². The van der Waals surface area contributed by atoms with Gasteiger partial charge in [-0.3, -0.25) is 0 Å². The van der Waals surface area contributed by atoms with Crippen molar-refractivity contribution in [2.24, 2.45) is 5.73 Å². The monoisotopic (exact) mass is 203 g/mol. The molecule has 3 nitrogen and oxygen atoms in total. The Kier molecular flexibility index (Phi) is 4.65. The number of nitrogens with zero attached hydrogens (tertiary/aromatic N) is 1. The Hall–Kier alpha value is -1.53. The number of aryl methyl sites for hydroxylation is 1. The lowest BCUT2D eigenvalue weighted by Crippen LogP contribution is -2.06. The molecule has 0 fully saturated rings. The minimum Gasteiger partial charge on any atom is -0.385 e. The van der Waals surface area contributed by atoms with Crippen LogP contribution in [0.3, 0.4) is 0 Å². The summed E-state index contributed by atoms with van der Waals surface area (Å²) in [5.74, 6) is 0. The molecular formula is C12H17N3. The maximum absolute atomic E-state index is 8.71. The van der Waals surface area contributed by atoms with Crippen LogP contribution in [-0.4, -0.2) is 13.1 Å². The van der Waals surface area contributed by atoms with Gasteiger partial charge in [-0.05, 0) is 50.1 Å². The Balaban J connectivity index is 2.52. The molecule has 15 heavy (non-hydrogen) atoms. The van der Waals surface area contributed by atoms with Crippen LogP contribution in [0.5, 0.6) is 0 Å². The van der Waals surface area contributed by atoms with Crippen LogP contribution in [0.15, 0.2) is 18.2 Å². The van der Waals surface area contributed by atoms with E-state index in [1.807, 2.05) is 25.1 Å². The zero-order valence-electron chi connectivity index (χ0n) is 9.09. The summed E-state index contributed by atoms with van der Waals surface area (Å²) in [6, 6.07) is 7.81. The molecule has 3 N–H and O–H groups in total. The number of benzene rings is 1. The second kappa shape index (κ2) is 6.05. The van der Waals surface area contributed by atoms with Crippen molar-refractivity contribution in [2.75, 3.05) is 18.4 Å². The number of anilines is 1. The molecule has 0 aliphatic carbocycles. The molecule has 0 saturated heterocycles. The molecule has 0 heterocycles. The molecule has 0 atom stereocenters. The largest absolute Gasteiger partial charge is 0.385 e. The number of nitrogens with two attached hydrogens (primary N) is 1. The summed E-state index contributed by atoms with van der Waals surface area (Å²) >= 11 is 0. The number of hydrogen-bond acceptors (Lipinski definition) is 3. The minimum atomic E-state index is 0.708. The topological polar surface area (TPSA) is 61.8 Å². The van der Waals surface area contributed by atoms with E-state index < -0.39 is 0 Å². The highest BCUT2D eigenvalue weighted by Gasteiger charge is 1.98. The lowest BCUT2D eigenvalue weighted by Gasteiger charge is -2.09. The van der Waals surface area contributed by atoms with Crippen molar-refractivity contribution in [3.05, 3.63) is 29.3 Å². The van der Waals surface area contributed by atoms with E-state index in [1.54, 1.807) is 0 Å². The first-order chi connectivity index (χ1) is 7.27. The number of hydrogen-bond donors (Lipinski definition) is 2. The van der Waals surface area contributed by atoms with Gasteiger partial charge in [-0.25, -0.2) is 0 Å². The van der Waals surface area contributed by atoms with Crippen molar-refractivity contribution in [3.8, 4) is 6.07 Å². The molecule has 1 aromatic rings. The lowest BCUT2D eigenvalue weighted by atomic mass is 10.1. The van der Waals surface area contributed by atoms with Gasteiger partial charge in [-0.2, -0.15) is 5.26 Å². The molecule has 1 aromatic carbocycles. The summed E-state index contributed by atoms with van der Waals surface area (Å²) in [5.41, 5.74) is 8.34. The molecule has 0 saturated carbocycles. The van der Waals surface area contributed by atoms with Gasteiger partial charge in [0, 0.05) is 12.2 Å². The Morgan fingerprint density at radius 2 is 2.20 bits per heavy atom. The molecule has 0 aliphatic heterocycles. The highest BCUT2D eigenvalue weighted by atomic mass is 14.9. The summed E-state index contributed by atoms with van der Waals surface area (Å²) in [6.07, 6.45) is 2.12. The van der Waals surface area contributed by atoms with Crippen LogP contribution in [0.1, 0.15) is 24.0 Å². The van der Waals surface area contributed by atoms with Crippen molar-refractivity contribution in [3.63, 3.8) is 0 Å². The van der Waals surface area contributed by atoms with Crippen LogP contribution in [0, 0.1) is 18.3 Å². The van der Waals surface area contributed by atoms with Gasteiger partial charge in [-0.1, -0.05) is 0 Å². The molecule has 0 amide bonds. The third-order valence-corrected chi connectivity index (χ3v) is 2.30. The van der Waals surface area contributed by atoms with Gasteiger partial charge in [0.1, 0.15) is 0 Å². The van der Waals surface area contributed by atoms with Gasteiger partial charge in [0.2, 0.25) is 0 Å². The maximum atomic E-state index is 8.71. The van der Waals surface area contributed by atoms with E-state index in [9.17, 15) is 0 Å². The van der Waals surface area contributed by atoms with Gasteiger partial charge in [0.15, 0.2) is 0 Å². The molecule has 0 aliphatic rings. The van der Waals surface area contributed by atoms with E-state index in [4.69, 9.17) is 11.0 Å². The Bertz CT molecular complexity index is 352. The van der Waals surface area contributed by atoms with Crippen molar-refractivity contribution >= 4 is 5.69 Å². The van der Waals surface area contributed by atoms with E-state index in [1.165, 1.54) is 0 Å². The zero-order chi connectivity index (χ0) is 11.1. The maximum Gasteiger partial charge on any atom is 0.0991 e. The molecule has 0 spiro atoms. The summed E-state index contributed by atoms with van der Waals surface area (Å²) < 4.78 is 0. The Morgan fingerprint density at radius 3 is 2.80 bits per heavy atom. The molecule has 80 valence electrons. The third-order valence-electron chi connectivity index (χ3n) is 2.30. The van der Waals surface area contributed by atoms with Crippen molar-refractivity contribution in [1.82, 2.24) is 0 Å².